The van der Waals surface area contributed by atoms with Crippen molar-refractivity contribution in [1.82, 2.24) is 4.90 Å². The highest BCUT2D eigenvalue weighted by Gasteiger charge is 2.32. The topological polar surface area (TPSA) is 37.4 Å². The van der Waals surface area contributed by atoms with Crippen LogP contribution in [0.3, 0.4) is 0 Å². The van der Waals surface area contributed by atoms with Crippen LogP contribution in [0.5, 0.6) is 0 Å². The van der Waals surface area contributed by atoms with Gasteiger partial charge >= 0.3 is 0 Å². The van der Waals surface area contributed by atoms with E-state index in [1.54, 1.807) is 17.0 Å². The molecule has 1 unspecified atom stereocenters. The minimum atomic E-state index is 0.0430. The maximum Gasteiger partial charge on any atom is 0.223 e. The molecule has 1 amide bonds. The molecule has 3 heteroatoms. The van der Waals surface area contributed by atoms with Gasteiger partial charge in [-0.2, -0.15) is 0 Å². The van der Waals surface area contributed by atoms with Crippen LogP contribution < -0.4 is 0 Å². The molecule has 19 heavy (non-hydrogen) atoms. The second-order valence-electron chi connectivity index (χ2n) is 5.37. The lowest BCUT2D eigenvalue weighted by molar-refractivity contribution is -0.132. The molecule has 1 aromatic carbocycles. The van der Waals surface area contributed by atoms with Crippen LogP contribution in [0.25, 0.3) is 0 Å². The summed E-state index contributed by atoms with van der Waals surface area (Å²) in [4.78, 5) is 25.7. The first-order chi connectivity index (χ1) is 9.09. The maximum absolute atomic E-state index is 12.0. The molecule has 0 N–H and O–H groups in total. The zero-order valence-corrected chi connectivity index (χ0v) is 11.6. The molecular weight excluding hydrogens is 238 g/mol. The quantitative estimate of drug-likeness (QED) is 0.737. The van der Waals surface area contributed by atoms with Crippen LogP contribution in [-0.4, -0.2) is 29.7 Å². The average Bonchev–Trinajstić information content (AvgIpc) is 3.28. The van der Waals surface area contributed by atoms with Crippen LogP contribution in [0, 0.1) is 5.92 Å². The van der Waals surface area contributed by atoms with Crippen molar-refractivity contribution in [3.05, 3.63) is 35.9 Å². The molecule has 1 fully saturated rings. The van der Waals surface area contributed by atoms with Crippen LogP contribution in [-0.2, 0) is 4.79 Å². The number of nitrogens with zero attached hydrogens (tertiary/aromatic N) is 1. The van der Waals surface area contributed by atoms with E-state index in [9.17, 15) is 9.59 Å². The van der Waals surface area contributed by atoms with E-state index in [2.05, 4.69) is 6.92 Å². The predicted octanol–water partition coefficient (Wildman–Crippen LogP) is 2.91. The van der Waals surface area contributed by atoms with Gasteiger partial charge in [0.05, 0.1) is 0 Å². The number of hydrogen-bond acceptors (Lipinski definition) is 2. The van der Waals surface area contributed by atoms with E-state index in [0.29, 0.717) is 30.4 Å². The Morgan fingerprint density at radius 3 is 2.42 bits per heavy atom. The summed E-state index contributed by atoms with van der Waals surface area (Å²) in [6, 6.07) is 9.46. The molecule has 0 aromatic heterocycles. The van der Waals surface area contributed by atoms with Crippen molar-refractivity contribution in [1.29, 1.82) is 0 Å². The third-order valence-electron chi connectivity index (χ3n) is 3.97. The van der Waals surface area contributed by atoms with Gasteiger partial charge in [-0.1, -0.05) is 30.3 Å². The largest absolute Gasteiger partial charge is 0.343 e. The highest BCUT2D eigenvalue weighted by Crippen LogP contribution is 2.34. The number of carbonyl (C=O) groups excluding carboxylic acids is 2. The van der Waals surface area contributed by atoms with Crippen LogP contribution in [0.1, 0.15) is 43.0 Å². The molecule has 1 atom stereocenters. The van der Waals surface area contributed by atoms with Crippen LogP contribution in [0.4, 0.5) is 0 Å². The van der Waals surface area contributed by atoms with Crippen LogP contribution >= 0.6 is 0 Å². The normalized spacial score (nSPS) is 15.9. The van der Waals surface area contributed by atoms with E-state index in [1.807, 2.05) is 25.2 Å². The standard InChI is InChI=1S/C16H21NO2/c1-12(13-8-9-13)17(2)16(19)11-10-15(18)14-6-4-3-5-7-14/h3-7,12-13H,8-11H2,1-2H3. The predicted molar refractivity (Wildman–Crippen MR) is 75.0 cm³/mol. The third-order valence-corrected chi connectivity index (χ3v) is 3.97. The first kappa shape index (κ1) is 13.8. The molecule has 3 nitrogen and oxygen atoms in total. The van der Waals surface area contributed by atoms with E-state index < -0.39 is 0 Å². The minimum absolute atomic E-state index is 0.0430. The van der Waals surface area contributed by atoms with Crippen molar-refractivity contribution < 1.29 is 9.59 Å². The Morgan fingerprint density at radius 1 is 1.21 bits per heavy atom. The zero-order chi connectivity index (χ0) is 13.8. The fourth-order valence-electron chi connectivity index (χ4n) is 2.29. The minimum Gasteiger partial charge on any atom is -0.343 e. The Hall–Kier alpha value is -1.64. The number of hydrogen-bond donors (Lipinski definition) is 0. The molecule has 1 aromatic rings. The second-order valence-corrected chi connectivity index (χ2v) is 5.37. The first-order valence-corrected chi connectivity index (χ1v) is 6.93. The first-order valence-electron chi connectivity index (χ1n) is 6.93. The van der Waals surface area contributed by atoms with Gasteiger partial charge < -0.3 is 4.90 Å². The highest BCUT2D eigenvalue weighted by molar-refractivity contribution is 5.97. The number of rotatable bonds is 6. The number of Topliss-reactive ketones (excluding diaryl/α,β-unsaturated/α-hetero) is 1. The molecule has 0 aliphatic heterocycles. The maximum atomic E-state index is 12.0. The van der Waals surface area contributed by atoms with Crippen molar-refractivity contribution in [2.24, 2.45) is 5.92 Å². The fourth-order valence-corrected chi connectivity index (χ4v) is 2.29. The monoisotopic (exact) mass is 259 g/mol. The van der Waals surface area contributed by atoms with Gasteiger partial charge in [-0.25, -0.2) is 0 Å². The number of carbonyl (C=O) groups is 2. The Bertz CT molecular complexity index is 451. The van der Waals surface area contributed by atoms with Gasteiger partial charge in [0.25, 0.3) is 0 Å². The van der Waals surface area contributed by atoms with E-state index in [0.717, 1.165) is 0 Å². The smallest absolute Gasteiger partial charge is 0.223 e. The van der Waals surface area contributed by atoms with Crippen molar-refractivity contribution in [2.75, 3.05) is 7.05 Å². The van der Waals surface area contributed by atoms with Gasteiger partial charge in [0, 0.05) is 31.5 Å². The summed E-state index contributed by atoms with van der Waals surface area (Å²) >= 11 is 0. The van der Waals surface area contributed by atoms with Gasteiger partial charge in [-0.15, -0.1) is 0 Å². The molecule has 0 spiro atoms. The Balaban J connectivity index is 1.81. The molecule has 1 saturated carbocycles. The molecule has 0 bridgehead atoms. The van der Waals surface area contributed by atoms with Gasteiger partial charge in [0.15, 0.2) is 5.78 Å². The summed E-state index contributed by atoms with van der Waals surface area (Å²) in [5.74, 6) is 0.781. The molecule has 0 radical (unpaired) electrons. The lowest BCUT2D eigenvalue weighted by atomic mass is 10.1. The molecule has 0 heterocycles. The highest BCUT2D eigenvalue weighted by atomic mass is 16.2. The van der Waals surface area contributed by atoms with Crippen LogP contribution in [0.15, 0.2) is 30.3 Å². The van der Waals surface area contributed by atoms with Gasteiger partial charge in [0.1, 0.15) is 0 Å². The molecule has 1 aliphatic carbocycles. The number of benzene rings is 1. The molecule has 2 rings (SSSR count). The van der Waals surface area contributed by atoms with Crippen molar-refractivity contribution in [2.45, 2.75) is 38.6 Å². The SMILES string of the molecule is CC(C1CC1)N(C)C(=O)CCC(=O)c1ccccc1. The Labute approximate surface area is 114 Å². The molecule has 102 valence electrons. The van der Waals surface area contributed by atoms with E-state index in [4.69, 9.17) is 0 Å². The summed E-state index contributed by atoms with van der Waals surface area (Å²) in [7, 11) is 1.85. The third kappa shape index (κ3) is 3.66. The van der Waals surface area contributed by atoms with Crippen molar-refractivity contribution >= 4 is 11.7 Å². The summed E-state index contributed by atoms with van der Waals surface area (Å²) < 4.78 is 0. The van der Waals surface area contributed by atoms with Crippen LogP contribution in [0.2, 0.25) is 0 Å². The summed E-state index contributed by atoms with van der Waals surface area (Å²) in [6.45, 7) is 2.09. The lowest BCUT2D eigenvalue weighted by Crippen LogP contribution is -2.36. The fraction of sp³-hybridized carbons (Fsp3) is 0.500. The van der Waals surface area contributed by atoms with Gasteiger partial charge in [0.2, 0.25) is 5.91 Å². The van der Waals surface area contributed by atoms with Gasteiger partial charge in [-0.3, -0.25) is 9.59 Å². The summed E-state index contributed by atoms with van der Waals surface area (Å²) in [5.41, 5.74) is 0.688. The number of ketones is 1. The van der Waals surface area contributed by atoms with E-state index in [-0.39, 0.29) is 11.7 Å². The summed E-state index contributed by atoms with van der Waals surface area (Å²) in [6.07, 6.45) is 3.05. The number of amides is 1. The molecule has 0 saturated heterocycles. The molecular formula is C16H21NO2. The van der Waals surface area contributed by atoms with E-state index >= 15 is 0 Å². The lowest BCUT2D eigenvalue weighted by Gasteiger charge is -2.24. The van der Waals surface area contributed by atoms with Crippen molar-refractivity contribution in [3.63, 3.8) is 0 Å². The zero-order valence-electron chi connectivity index (χ0n) is 11.6. The van der Waals surface area contributed by atoms with Crippen molar-refractivity contribution in [3.8, 4) is 0 Å². The molecule has 1 aliphatic rings. The van der Waals surface area contributed by atoms with Gasteiger partial charge in [-0.05, 0) is 25.7 Å². The Kier molecular flexibility index (Phi) is 4.35. The summed E-state index contributed by atoms with van der Waals surface area (Å²) in [5, 5.41) is 0. The average molecular weight is 259 g/mol. The second kappa shape index (κ2) is 6.00. The Morgan fingerprint density at radius 2 is 1.84 bits per heavy atom. The van der Waals surface area contributed by atoms with E-state index in [1.165, 1.54) is 12.8 Å².